The highest BCUT2D eigenvalue weighted by atomic mass is 16.8. The molecule has 9 N–H and O–H groups in total. The molecule has 2 fully saturated rings. The molecule has 0 aromatic carbocycles. The molecule has 1 saturated carbocycles. The average molecular weight is 699 g/mol. The number of carbonyl (C=O) groups is 2. The van der Waals surface area contributed by atoms with Crippen molar-refractivity contribution in [2.75, 3.05) is 40.1 Å². The van der Waals surface area contributed by atoms with Crippen LogP contribution < -0.4 is 5.32 Å². The quantitative estimate of drug-likeness (QED) is 0.0543. The van der Waals surface area contributed by atoms with Crippen molar-refractivity contribution < 1.29 is 74.1 Å². The highest BCUT2D eigenvalue weighted by molar-refractivity contribution is 5.92. The molecule has 0 aromatic rings. The fourth-order valence-electron chi connectivity index (χ4n) is 6.15. The second-order valence-electron chi connectivity index (χ2n) is 12.3. The van der Waals surface area contributed by atoms with Crippen LogP contribution in [-0.4, -0.2) is 146 Å². The molecule has 3 aliphatic heterocycles. The first-order valence-electron chi connectivity index (χ1n) is 15.9. The van der Waals surface area contributed by atoms with E-state index in [0.717, 1.165) is 12.7 Å². The van der Waals surface area contributed by atoms with Gasteiger partial charge in [0.05, 0.1) is 31.4 Å². The number of aliphatic carboxylic acids is 1. The predicted molar refractivity (Wildman–Crippen MR) is 166 cm³/mol. The smallest absolute Gasteiger partial charge is 0.342 e. The number of rotatable bonds is 14. The van der Waals surface area contributed by atoms with Crippen LogP contribution in [0, 0.1) is 5.92 Å². The van der Waals surface area contributed by atoms with Crippen molar-refractivity contribution in [2.24, 2.45) is 5.92 Å². The first-order chi connectivity index (χ1) is 23.2. The Morgan fingerprint density at radius 2 is 1.86 bits per heavy atom. The molecule has 0 aromatic heterocycles. The molecule has 0 radical (unpaired) electrons. The first kappa shape index (κ1) is 38.6. The summed E-state index contributed by atoms with van der Waals surface area (Å²) >= 11 is 0. The molecule has 17 heteroatoms. The van der Waals surface area contributed by atoms with Gasteiger partial charge in [0.25, 0.3) is 0 Å². The average Bonchev–Trinajstić information content (AvgIpc) is 3.05. The van der Waals surface area contributed by atoms with E-state index >= 15 is 0 Å². The number of carboxylic acids is 1. The zero-order valence-corrected chi connectivity index (χ0v) is 27.1. The lowest BCUT2D eigenvalue weighted by Gasteiger charge is -2.48. The Kier molecular flexibility index (Phi) is 12.8. The molecule has 0 spiro atoms. The lowest BCUT2D eigenvalue weighted by Crippen LogP contribution is -2.69. The lowest BCUT2D eigenvalue weighted by atomic mass is 9.78. The molecule has 3 heterocycles. The van der Waals surface area contributed by atoms with Crippen molar-refractivity contribution in [2.45, 2.75) is 80.2 Å². The van der Waals surface area contributed by atoms with E-state index in [1.54, 1.807) is 4.90 Å². The molecule has 1 aliphatic carbocycles. The maximum atomic E-state index is 13.6. The molecule has 4 aliphatic rings. The molecule has 7 unspecified atom stereocenters. The molecule has 0 amide bonds. The number of esters is 1. The molecule has 49 heavy (non-hydrogen) atoms. The summed E-state index contributed by atoms with van der Waals surface area (Å²) in [6, 6.07) is 0. The standard InChI is InChI=1S/C32H46N2O15/c1-3-21-28(48-29-25(46-18-33-2)32(43,44)24(37)23(16-36)47-29)45-17-22(27(40)49-30(41)8-5-4-6-9-30)31(21,42)10-7-19-13-20(26(38)39)15-34(14-19)11-12-35/h3,7,10,13,15,17,21,23-25,28-29,33,35-37,41-44H,1,4-6,8-9,11-12,14,16,18H2,2H3,(H,38,39). The Labute approximate surface area is 282 Å². The molecule has 4 rings (SSSR count). The third-order valence-corrected chi connectivity index (χ3v) is 8.80. The number of hydrogen-bond acceptors (Lipinski definition) is 16. The van der Waals surface area contributed by atoms with Crippen LogP contribution in [0.3, 0.4) is 0 Å². The van der Waals surface area contributed by atoms with Gasteiger partial charge in [-0.2, -0.15) is 0 Å². The van der Waals surface area contributed by atoms with E-state index in [0.29, 0.717) is 18.4 Å². The van der Waals surface area contributed by atoms with E-state index in [4.69, 9.17) is 23.7 Å². The summed E-state index contributed by atoms with van der Waals surface area (Å²) in [7, 11) is 1.50. The largest absolute Gasteiger partial charge is 0.478 e. The zero-order valence-electron chi connectivity index (χ0n) is 27.1. The number of nitrogens with one attached hydrogen (secondary N) is 1. The third kappa shape index (κ3) is 8.58. The number of ether oxygens (including phenoxy) is 5. The maximum Gasteiger partial charge on any atom is 0.342 e. The van der Waals surface area contributed by atoms with Crippen molar-refractivity contribution in [3.63, 3.8) is 0 Å². The summed E-state index contributed by atoms with van der Waals surface area (Å²) in [6.45, 7) is 2.64. The van der Waals surface area contributed by atoms with Crippen molar-refractivity contribution in [1.29, 1.82) is 0 Å². The Balaban J connectivity index is 1.73. The van der Waals surface area contributed by atoms with Crippen LogP contribution >= 0.6 is 0 Å². The van der Waals surface area contributed by atoms with E-state index in [9.17, 15) is 50.4 Å². The van der Waals surface area contributed by atoms with Crippen LogP contribution in [0.4, 0.5) is 0 Å². The van der Waals surface area contributed by atoms with Crippen LogP contribution in [0.15, 0.2) is 60.1 Å². The van der Waals surface area contributed by atoms with E-state index in [1.165, 1.54) is 37.6 Å². The van der Waals surface area contributed by atoms with Gasteiger partial charge in [0, 0.05) is 32.1 Å². The van der Waals surface area contributed by atoms with Gasteiger partial charge in [-0.3, -0.25) is 5.32 Å². The monoisotopic (exact) mass is 698 g/mol. The minimum atomic E-state index is -2.99. The van der Waals surface area contributed by atoms with Gasteiger partial charge in [0.1, 0.15) is 29.6 Å². The van der Waals surface area contributed by atoms with Crippen molar-refractivity contribution >= 4 is 11.9 Å². The van der Waals surface area contributed by atoms with Crippen LogP contribution in [0.5, 0.6) is 0 Å². The second kappa shape index (κ2) is 16.2. The SMILES string of the molecule is C=CC1C(OC2OC(CO)C(O)C(O)(O)C2OCNC)OC=C(C(=O)OC2(O)CCCCC2)C1(O)C=CC1=CC(C(=O)O)=CN(CCO)C1. The second-order valence-corrected chi connectivity index (χ2v) is 12.3. The summed E-state index contributed by atoms with van der Waals surface area (Å²) in [4.78, 5) is 27.0. The number of aliphatic hydroxyl groups excluding tert-OH is 3. The van der Waals surface area contributed by atoms with Gasteiger partial charge in [0.15, 0.2) is 12.4 Å². The van der Waals surface area contributed by atoms with Gasteiger partial charge in [-0.15, -0.1) is 6.58 Å². The molecule has 0 bridgehead atoms. The van der Waals surface area contributed by atoms with Gasteiger partial charge in [-0.1, -0.05) is 18.6 Å². The lowest BCUT2D eigenvalue weighted by molar-refractivity contribution is -0.412. The highest BCUT2D eigenvalue weighted by Crippen LogP contribution is 2.42. The Hall–Kier alpha value is -3.20. The van der Waals surface area contributed by atoms with Crippen LogP contribution in [0.2, 0.25) is 0 Å². The molecule has 1 saturated heterocycles. The van der Waals surface area contributed by atoms with Gasteiger partial charge in [0.2, 0.25) is 17.9 Å². The summed E-state index contributed by atoms with van der Waals surface area (Å²) in [5, 5.41) is 86.8. The summed E-state index contributed by atoms with van der Waals surface area (Å²) in [6.07, 6.45) is 0.989. The van der Waals surface area contributed by atoms with Gasteiger partial charge in [-0.25, -0.2) is 9.59 Å². The summed E-state index contributed by atoms with van der Waals surface area (Å²) in [5.41, 5.74) is -2.58. The van der Waals surface area contributed by atoms with Crippen LogP contribution in [0.1, 0.15) is 32.1 Å². The highest BCUT2D eigenvalue weighted by Gasteiger charge is 2.58. The van der Waals surface area contributed by atoms with Crippen LogP contribution in [-0.2, 0) is 33.3 Å². The third-order valence-electron chi connectivity index (χ3n) is 8.80. The molecule has 274 valence electrons. The van der Waals surface area contributed by atoms with Crippen molar-refractivity contribution in [3.05, 3.63) is 60.1 Å². The van der Waals surface area contributed by atoms with E-state index in [-0.39, 0.29) is 44.8 Å². The van der Waals surface area contributed by atoms with Crippen molar-refractivity contribution in [3.8, 4) is 0 Å². The Morgan fingerprint density at radius 3 is 2.47 bits per heavy atom. The summed E-state index contributed by atoms with van der Waals surface area (Å²) in [5.74, 6) is -8.55. The van der Waals surface area contributed by atoms with Gasteiger partial charge >= 0.3 is 11.9 Å². The Morgan fingerprint density at radius 1 is 1.14 bits per heavy atom. The normalized spacial score (nSPS) is 32.8. The van der Waals surface area contributed by atoms with E-state index in [1.807, 2.05) is 0 Å². The minimum Gasteiger partial charge on any atom is -0.478 e. The van der Waals surface area contributed by atoms with E-state index < -0.39 is 78.1 Å². The Bertz CT molecular complexity index is 1320. The number of carbonyl (C=O) groups excluding carboxylic acids is 1. The number of β-amino-alcohol motifs (C(OH)–C–C–N with tert-alkyl or cyclic N) is 1. The van der Waals surface area contributed by atoms with Crippen LogP contribution in [0.25, 0.3) is 0 Å². The number of hydrogen-bond donors (Lipinski definition) is 9. The maximum absolute atomic E-state index is 13.6. The molecule has 17 nitrogen and oxygen atoms in total. The summed E-state index contributed by atoms with van der Waals surface area (Å²) < 4.78 is 28.3. The van der Waals surface area contributed by atoms with Crippen molar-refractivity contribution in [1.82, 2.24) is 10.2 Å². The zero-order chi connectivity index (χ0) is 36.0. The number of nitrogens with zero attached hydrogens (tertiary/aromatic N) is 1. The predicted octanol–water partition coefficient (Wildman–Crippen LogP) is -1.95. The fourth-order valence-corrected chi connectivity index (χ4v) is 6.15. The number of carboxylic acid groups (broad SMARTS) is 1. The fraction of sp³-hybridized carbons (Fsp3) is 0.625. The van der Waals surface area contributed by atoms with Gasteiger partial charge in [-0.05, 0) is 37.6 Å². The minimum absolute atomic E-state index is 0.103. The number of aliphatic hydroxyl groups is 7. The van der Waals surface area contributed by atoms with E-state index in [2.05, 4.69) is 11.9 Å². The molecular formula is C32H46N2O15. The topological polar surface area (TPSA) is 257 Å². The molecular weight excluding hydrogens is 652 g/mol. The van der Waals surface area contributed by atoms with Gasteiger partial charge < -0.3 is 69.4 Å². The first-order valence-corrected chi connectivity index (χ1v) is 15.9. The molecule has 7 atom stereocenters.